The minimum Gasteiger partial charge on any atom is -0.492 e. The molecular weight excluding hydrogens is 407 g/mol. The van der Waals surface area contributed by atoms with Gasteiger partial charge < -0.3 is 14.5 Å². The van der Waals surface area contributed by atoms with Crippen LogP contribution in [0.3, 0.4) is 0 Å². The van der Waals surface area contributed by atoms with Gasteiger partial charge in [-0.05, 0) is 48.7 Å². The molecule has 1 unspecified atom stereocenters. The lowest BCUT2D eigenvalue weighted by Crippen LogP contribution is -2.46. The first-order valence-electron chi connectivity index (χ1n) is 10.1. The van der Waals surface area contributed by atoms with E-state index in [0.29, 0.717) is 37.0 Å². The quantitative estimate of drug-likeness (QED) is 0.668. The third-order valence-corrected chi connectivity index (χ3v) is 5.49. The fourth-order valence-electron chi connectivity index (χ4n) is 3.57. The summed E-state index contributed by atoms with van der Waals surface area (Å²) < 4.78 is 18.7. The molecule has 1 fully saturated rings. The summed E-state index contributed by atoms with van der Waals surface area (Å²) >= 11 is 5.94. The van der Waals surface area contributed by atoms with Gasteiger partial charge in [-0.25, -0.2) is 4.39 Å². The van der Waals surface area contributed by atoms with E-state index in [4.69, 9.17) is 16.3 Å². The van der Waals surface area contributed by atoms with Crippen molar-refractivity contribution in [1.29, 1.82) is 0 Å². The van der Waals surface area contributed by atoms with Crippen molar-refractivity contribution in [2.75, 3.05) is 33.3 Å². The maximum Gasteiger partial charge on any atom is 0.227 e. The molecule has 0 spiro atoms. The molecule has 1 aliphatic rings. The molecule has 1 saturated heterocycles. The van der Waals surface area contributed by atoms with Crippen LogP contribution in [0.5, 0.6) is 5.75 Å². The van der Waals surface area contributed by atoms with Crippen molar-refractivity contribution in [2.45, 2.75) is 19.3 Å². The number of likely N-dealkylation sites (N-methyl/N-ethyl adjacent to an activating group) is 1. The number of piperidine rings is 1. The lowest BCUT2D eigenvalue weighted by Gasteiger charge is -2.34. The number of nitrogens with zero attached hydrogens (tertiary/aromatic N) is 2. The van der Waals surface area contributed by atoms with Crippen molar-refractivity contribution >= 4 is 23.4 Å². The molecule has 7 heteroatoms. The third kappa shape index (κ3) is 6.20. The van der Waals surface area contributed by atoms with E-state index in [1.54, 1.807) is 41.1 Å². The van der Waals surface area contributed by atoms with Crippen molar-refractivity contribution in [3.63, 3.8) is 0 Å². The summed E-state index contributed by atoms with van der Waals surface area (Å²) in [7, 11) is 1.75. The molecule has 5 nitrogen and oxygen atoms in total. The van der Waals surface area contributed by atoms with Gasteiger partial charge in [0.05, 0.1) is 18.9 Å². The van der Waals surface area contributed by atoms with Crippen molar-refractivity contribution < 1.29 is 18.7 Å². The van der Waals surface area contributed by atoms with Crippen LogP contribution >= 0.6 is 11.6 Å². The number of likely N-dealkylation sites (tertiary alicyclic amines) is 1. The van der Waals surface area contributed by atoms with Crippen LogP contribution in [0.2, 0.25) is 5.02 Å². The number of ether oxygens (including phenoxy) is 1. The van der Waals surface area contributed by atoms with Gasteiger partial charge in [0, 0.05) is 25.2 Å². The van der Waals surface area contributed by atoms with Crippen molar-refractivity contribution in [1.82, 2.24) is 9.80 Å². The van der Waals surface area contributed by atoms with E-state index in [-0.39, 0.29) is 30.0 Å². The van der Waals surface area contributed by atoms with Crippen LogP contribution < -0.4 is 4.74 Å². The van der Waals surface area contributed by atoms with Gasteiger partial charge in [-0.15, -0.1) is 0 Å². The summed E-state index contributed by atoms with van der Waals surface area (Å²) in [6.45, 7) is 1.87. The first-order valence-corrected chi connectivity index (χ1v) is 10.5. The van der Waals surface area contributed by atoms with Crippen molar-refractivity contribution in [2.24, 2.45) is 5.92 Å². The number of hydrogen-bond donors (Lipinski definition) is 0. The number of rotatable bonds is 7. The predicted molar refractivity (Wildman–Crippen MR) is 114 cm³/mol. The number of halogens is 2. The molecule has 30 heavy (non-hydrogen) atoms. The first kappa shape index (κ1) is 22.1. The number of carbonyl (C=O) groups is 2. The van der Waals surface area contributed by atoms with E-state index >= 15 is 0 Å². The molecule has 1 aliphatic heterocycles. The average Bonchev–Trinajstić information content (AvgIpc) is 2.75. The first-order chi connectivity index (χ1) is 14.4. The maximum absolute atomic E-state index is 13.0. The van der Waals surface area contributed by atoms with Gasteiger partial charge in [0.25, 0.3) is 0 Å². The van der Waals surface area contributed by atoms with Gasteiger partial charge in [0.15, 0.2) is 0 Å². The zero-order valence-corrected chi connectivity index (χ0v) is 17.8. The molecule has 0 bridgehead atoms. The van der Waals surface area contributed by atoms with Gasteiger partial charge in [-0.3, -0.25) is 9.59 Å². The van der Waals surface area contributed by atoms with E-state index in [2.05, 4.69) is 0 Å². The summed E-state index contributed by atoms with van der Waals surface area (Å²) in [5.41, 5.74) is 0.769. The molecule has 2 aromatic rings. The molecule has 160 valence electrons. The molecule has 1 heterocycles. The van der Waals surface area contributed by atoms with E-state index < -0.39 is 0 Å². The number of amides is 2. The molecule has 0 radical (unpaired) electrons. The Morgan fingerprint density at radius 1 is 1.23 bits per heavy atom. The van der Waals surface area contributed by atoms with Gasteiger partial charge in [0.1, 0.15) is 18.2 Å². The van der Waals surface area contributed by atoms with Crippen LogP contribution in [0.15, 0.2) is 48.5 Å². The molecule has 3 rings (SSSR count). The van der Waals surface area contributed by atoms with Crippen LogP contribution in [-0.2, 0) is 16.0 Å². The molecule has 0 aliphatic carbocycles. The summed E-state index contributed by atoms with van der Waals surface area (Å²) in [5.74, 6) is 0.109. The van der Waals surface area contributed by atoms with Crippen LogP contribution in [0, 0.1) is 11.7 Å². The number of hydrogen-bond acceptors (Lipinski definition) is 3. The largest absolute Gasteiger partial charge is 0.492 e. The van der Waals surface area contributed by atoms with Crippen LogP contribution in [0.25, 0.3) is 0 Å². The molecule has 0 N–H and O–H groups in total. The summed E-state index contributed by atoms with van der Waals surface area (Å²) in [6.07, 6.45) is 1.77. The lowest BCUT2D eigenvalue weighted by molar-refractivity contribution is -0.140. The summed E-state index contributed by atoms with van der Waals surface area (Å²) in [6, 6.07) is 13.1. The van der Waals surface area contributed by atoms with E-state index in [1.165, 1.54) is 12.1 Å². The highest BCUT2D eigenvalue weighted by Gasteiger charge is 2.30. The van der Waals surface area contributed by atoms with Gasteiger partial charge in [0.2, 0.25) is 11.8 Å². The molecule has 2 aromatic carbocycles. The molecule has 0 saturated carbocycles. The number of carbonyl (C=O) groups excluding carboxylic acids is 2. The zero-order valence-electron chi connectivity index (χ0n) is 17.0. The molecule has 1 atom stereocenters. The van der Waals surface area contributed by atoms with Gasteiger partial charge >= 0.3 is 0 Å². The maximum atomic E-state index is 13.0. The van der Waals surface area contributed by atoms with Gasteiger partial charge in [-0.2, -0.15) is 0 Å². The Balaban J connectivity index is 1.47. The van der Waals surface area contributed by atoms with Crippen LogP contribution in [-0.4, -0.2) is 54.9 Å². The topological polar surface area (TPSA) is 49.9 Å². The second kappa shape index (κ2) is 10.4. The van der Waals surface area contributed by atoms with Crippen molar-refractivity contribution in [3.8, 4) is 5.75 Å². The highest BCUT2D eigenvalue weighted by Crippen LogP contribution is 2.20. The zero-order chi connectivity index (χ0) is 21.5. The Labute approximate surface area is 181 Å². The Morgan fingerprint density at radius 3 is 2.73 bits per heavy atom. The summed E-state index contributed by atoms with van der Waals surface area (Å²) in [4.78, 5) is 28.8. The SMILES string of the molecule is CN(CCOc1cccc(Cl)c1)C(=O)C1CCCN(C(=O)Cc2ccc(F)cc2)C1. The monoisotopic (exact) mass is 432 g/mol. The van der Waals surface area contributed by atoms with E-state index in [9.17, 15) is 14.0 Å². The Hall–Kier alpha value is -2.60. The molecular formula is C23H26ClFN2O3. The minimum absolute atomic E-state index is 0.0176. The fraction of sp³-hybridized carbons (Fsp3) is 0.391. The fourth-order valence-corrected chi connectivity index (χ4v) is 3.75. The Morgan fingerprint density at radius 2 is 2.00 bits per heavy atom. The number of benzene rings is 2. The average molecular weight is 433 g/mol. The highest BCUT2D eigenvalue weighted by atomic mass is 35.5. The van der Waals surface area contributed by atoms with Crippen molar-refractivity contribution in [3.05, 3.63) is 64.9 Å². The van der Waals surface area contributed by atoms with E-state index in [0.717, 1.165) is 18.4 Å². The second-order valence-electron chi connectivity index (χ2n) is 7.55. The minimum atomic E-state index is -0.322. The smallest absolute Gasteiger partial charge is 0.227 e. The predicted octanol–water partition coefficient (Wildman–Crippen LogP) is 3.80. The normalized spacial score (nSPS) is 16.2. The lowest BCUT2D eigenvalue weighted by atomic mass is 9.96. The standard InChI is InChI=1S/C23H26ClFN2O3/c1-26(12-13-30-21-6-2-5-19(24)15-21)23(29)18-4-3-11-27(16-18)22(28)14-17-7-9-20(25)10-8-17/h2,5-10,15,18H,3-4,11-14,16H2,1H3. The summed E-state index contributed by atoms with van der Waals surface area (Å²) in [5, 5.41) is 0.601. The second-order valence-corrected chi connectivity index (χ2v) is 7.98. The van der Waals surface area contributed by atoms with Gasteiger partial charge in [-0.1, -0.05) is 29.8 Å². The Bertz CT molecular complexity index is 875. The Kier molecular flexibility index (Phi) is 7.69. The molecule has 0 aromatic heterocycles. The molecule has 2 amide bonds. The van der Waals surface area contributed by atoms with Crippen LogP contribution in [0.1, 0.15) is 18.4 Å². The van der Waals surface area contributed by atoms with Crippen LogP contribution in [0.4, 0.5) is 4.39 Å². The third-order valence-electron chi connectivity index (χ3n) is 5.26. The van der Waals surface area contributed by atoms with E-state index in [1.807, 2.05) is 12.1 Å². The highest BCUT2D eigenvalue weighted by molar-refractivity contribution is 6.30.